The van der Waals surface area contributed by atoms with Gasteiger partial charge in [0.15, 0.2) is 0 Å². The fourth-order valence-corrected chi connectivity index (χ4v) is 3.27. The Kier molecular flexibility index (Phi) is 6.41. The van der Waals surface area contributed by atoms with Gasteiger partial charge in [0, 0.05) is 58.3 Å². The van der Waals surface area contributed by atoms with Gasteiger partial charge in [-0.25, -0.2) is 9.97 Å². The fourth-order valence-electron chi connectivity index (χ4n) is 3.27. The SMILES string of the molecule is COCCN1CCC(CNc2nccc(-c3ccc(N(C)C)cc3)n2)C1. The molecular weight excluding hydrogens is 326 g/mol. The van der Waals surface area contributed by atoms with Gasteiger partial charge >= 0.3 is 0 Å². The Bertz CT molecular complexity index is 689. The van der Waals surface area contributed by atoms with Gasteiger partial charge in [-0.1, -0.05) is 12.1 Å². The largest absolute Gasteiger partial charge is 0.383 e. The molecule has 1 aliphatic rings. The predicted molar refractivity (Wildman–Crippen MR) is 107 cm³/mol. The summed E-state index contributed by atoms with van der Waals surface area (Å²) < 4.78 is 5.16. The van der Waals surface area contributed by atoms with Gasteiger partial charge in [-0.15, -0.1) is 0 Å². The molecule has 0 amide bonds. The summed E-state index contributed by atoms with van der Waals surface area (Å²) in [5.41, 5.74) is 3.23. The molecule has 3 rings (SSSR count). The predicted octanol–water partition coefficient (Wildman–Crippen LogP) is 2.59. The van der Waals surface area contributed by atoms with Crippen molar-refractivity contribution in [2.24, 2.45) is 5.92 Å². The lowest BCUT2D eigenvalue weighted by atomic mass is 10.1. The topological polar surface area (TPSA) is 53.5 Å². The van der Waals surface area contributed by atoms with E-state index in [4.69, 9.17) is 4.74 Å². The standard InChI is InChI=1S/C20H29N5O/c1-24(2)18-6-4-17(5-7-18)19-8-10-21-20(23-19)22-14-16-9-11-25(15-16)12-13-26-3/h4-8,10,16H,9,11-15H2,1-3H3,(H,21,22,23). The summed E-state index contributed by atoms with van der Waals surface area (Å²) in [5, 5.41) is 3.41. The maximum absolute atomic E-state index is 5.16. The second kappa shape index (κ2) is 8.96. The Labute approximate surface area is 156 Å². The number of ether oxygens (including phenoxy) is 1. The molecule has 0 radical (unpaired) electrons. The number of benzene rings is 1. The van der Waals surface area contributed by atoms with Crippen LogP contribution in [0.15, 0.2) is 36.5 Å². The number of hydrogen-bond acceptors (Lipinski definition) is 6. The molecular formula is C20H29N5O. The van der Waals surface area contributed by atoms with Crippen LogP contribution in [0.3, 0.4) is 0 Å². The first-order chi connectivity index (χ1) is 12.7. The highest BCUT2D eigenvalue weighted by atomic mass is 16.5. The summed E-state index contributed by atoms with van der Waals surface area (Å²) in [6.45, 7) is 4.99. The zero-order chi connectivity index (χ0) is 18.4. The van der Waals surface area contributed by atoms with Gasteiger partial charge in [-0.05, 0) is 37.1 Å². The molecule has 0 saturated carbocycles. The molecule has 1 aliphatic heterocycles. The van der Waals surface area contributed by atoms with Crippen molar-refractivity contribution in [1.29, 1.82) is 0 Å². The van der Waals surface area contributed by atoms with Crippen LogP contribution in [-0.4, -0.2) is 68.9 Å². The van der Waals surface area contributed by atoms with Crippen molar-refractivity contribution < 1.29 is 4.74 Å². The molecule has 1 saturated heterocycles. The third kappa shape index (κ3) is 4.93. The maximum atomic E-state index is 5.16. The van der Waals surface area contributed by atoms with Crippen LogP contribution in [0.4, 0.5) is 11.6 Å². The minimum Gasteiger partial charge on any atom is -0.383 e. The van der Waals surface area contributed by atoms with E-state index in [2.05, 4.69) is 49.4 Å². The van der Waals surface area contributed by atoms with E-state index in [9.17, 15) is 0 Å². The van der Waals surface area contributed by atoms with Crippen molar-refractivity contribution >= 4 is 11.6 Å². The van der Waals surface area contributed by atoms with Crippen LogP contribution in [0, 0.1) is 5.92 Å². The highest BCUT2D eigenvalue weighted by molar-refractivity contribution is 5.63. The van der Waals surface area contributed by atoms with Gasteiger partial charge in [-0.2, -0.15) is 0 Å². The molecule has 140 valence electrons. The average Bonchev–Trinajstić information content (AvgIpc) is 3.13. The molecule has 6 nitrogen and oxygen atoms in total. The first-order valence-corrected chi connectivity index (χ1v) is 9.21. The van der Waals surface area contributed by atoms with E-state index in [1.165, 1.54) is 12.1 Å². The highest BCUT2D eigenvalue weighted by Gasteiger charge is 2.21. The summed E-state index contributed by atoms with van der Waals surface area (Å²) in [4.78, 5) is 13.6. The van der Waals surface area contributed by atoms with E-state index in [1.807, 2.05) is 26.4 Å². The minimum absolute atomic E-state index is 0.637. The van der Waals surface area contributed by atoms with Crippen molar-refractivity contribution in [3.05, 3.63) is 36.5 Å². The number of hydrogen-bond donors (Lipinski definition) is 1. The summed E-state index contributed by atoms with van der Waals surface area (Å²) in [6.07, 6.45) is 3.03. The van der Waals surface area contributed by atoms with Crippen LogP contribution in [0.2, 0.25) is 0 Å². The smallest absolute Gasteiger partial charge is 0.223 e. The molecule has 0 aliphatic carbocycles. The molecule has 2 aromatic rings. The highest BCUT2D eigenvalue weighted by Crippen LogP contribution is 2.22. The molecule has 0 spiro atoms. The molecule has 2 heterocycles. The quantitative estimate of drug-likeness (QED) is 0.785. The molecule has 1 N–H and O–H groups in total. The number of rotatable bonds is 8. The fraction of sp³-hybridized carbons (Fsp3) is 0.500. The Morgan fingerprint density at radius 1 is 1.23 bits per heavy atom. The molecule has 1 unspecified atom stereocenters. The van der Waals surface area contributed by atoms with Crippen molar-refractivity contribution in [1.82, 2.24) is 14.9 Å². The second-order valence-electron chi connectivity index (χ2n) is 7.04. The molecule has 1 fully saturated rings. The Morgan fingerprint density at radius 3 is 2.77 bits per heavy atom. The molecule has 6 heteroatoms. The number of nitrogens with zero attached hydrogens (tertiary/aromatic N) is 4. The van der Waals surface area contributed by atoms with Crippen molar-refractivity contribution in [3.63, 3.8) is 0 Å². The van der Waals surface area contributed by atoms with Crippen molar-refractivity contribution in [2.45, 2.75) is 6.42 Å². The zero-order valence-corrected chi connectivity index (χ0v) is 16.0. The van der Waals surface area contributed by atoms with Gasteiger partial charge in [0.05, 0.1) is 12.3 Å². The number of methoxy groups -OCH3 is 1. The second-order valence-corrected chi connectivity index (χ2v) is 7.04. The Balaban J connectivity index is 1.56. The third-order valence-corrected chi connectivity index (χ3v) is 4.87. The van der Waals surface area contributed by atoms with Crippen molar-refractivity contribution in [2.75, 3.05) is 64.2 Å². The zero-order valence-electron chi connectivity index (χ0n) is 16.0. The molecule has 1 atom stereocenters. The number of likely N-dealkylation sites (tertiary alicyclic amines) is 1. The van der Waals surface area contributed by atoms with Crippen LogP contribution in [-0.2, 0) is 4.74 Å². The number of anilines is 2. The molecule has 26 heavy (non-hydrogen) atoms. The first-order valence-electron chi connectivity index (χ1n) is 9.21. The summed E-state index contributed by atoms with van der Waals surface area (Å²) >= 11 is 0. The van der Waals surface area contributed by atoms with Crippen LogP contribution < -0.4 is 10.2 Å². The first kappa shape index (κ1) is 18.6. The average molecular weight is 355 g/mol. The monoisotopic (exact) mass is 355 g/mol. The lowest BCUT2D eigenvalue weighted by Gasteiger charge is -2.15. The number of aromatic nitrogens is 2. The minimum atomic E-state index is 0.637. The van der Waals surface area contributed by atoms with Crippen LogP contribution >= 0.6 is 0 Å². The van der Waals surface area contributed by atoms with Crippen LogP contribution in [0.5, 0.6) is 0 Å². The van der Waals surface area contributed by atoms with Crippen molar-refractivity contribution in [3.8, 4) is 11.3 Å². The van der Waals surface area contributed by atoms with Gasteiger partial charge in [-0.3, -0.25) is 0 Å². The van der Waals surface area contributed by atoms with E-state index in [0.717, 1.165) is 44.0 Å². The van der Waals surface area contributed by atoms with E-state index >= 15 is 0 Å². The van der Waals surface area contributed by atoms with Gasteiger partial charge in [0.25, 0.3) is 0 Å². The van der Waals surface area contributed by atoms with E-state index in [1.54, 1.807) is 7.11 Å². The van der Waals surface area contributed by atoms with E-state index < -0.39 is 0 Å². The van der Waals surface area contributed by atoms with Gasteiger partial charge in [0.1, 0.15) is 0 Å². The Hall–Kier alpha value is -2.18. The summed E-state index contributed by atoms with van der Waals surface area (Å²) in [6, 6.07) is 10.4. The lowest BCUT2D eigenvalue weighted by molar-refractivity contribution is 0.159. The molecule has 0 bridgehead atoms. The Morgan fingerprint density at radius 2 is 2.04 bits per heavy atom. The number of nitrogens with one attached hydrogen (secondary N) is 1. The van der Waals surface area contributed by atoms with E-state index in [0.29, 0.717) is 11.9 Å². The summed E-state index contributed by atoms with van der Waals surface area (Å²) in [5.74, 6) is 1.34. The lowest BCUT2D eigenvalue weighted by Crippen LogP contribution is -2.26. The van der Waals surface area contributed by atoms with Gasteiger partial charge in [0.2, 0.25) is 5.95 Å². The molecule has 1 aromatic heterocycles. The van der Waals surface area contributed by atoms with Crippen LogP contribution in [0.1, 0.15) is 6.42 Å². The van der Waals surface area contributed by atoms with E-state index in [-0.39, 0.29) is 0 Å². The molecule has 1 aromatic carbocycles. The maximum Gasteiger partial charge on any atom is 0.223 e. The van der Waals surface area contributed by atoms with Gasteiger partial charge < -0.3 is 19.9 Å². The normalized spacial score (nSPS) is 17.4. The van der Waals surface area contributed by atoms with Crippen LogP contribution in [0.25, 0.3) is 11.3 Å². The third-order valence-electron chi connectivity index (χ3n) is 4.87. The summed E-state index contributed by atoms with van der Waals surface area (Å²) in [7, 11) is 5.84.